The van der Waals surface area contributed by atoms with Gasteiger partial charge in [-0.2, -0.15) is 4.72 Å². The summed E-state index contributed by atoms with van der Waals surface area (Å²) in [6.45, 7) is 12.2. The van der Waals surface area contributed by atoms with Crippen LogP contribution in [0.15, 0.2) is 53.4 Å². The fourth-order valence-corrected chi connectivity index (χ4v) is 4.23. The van der Waals surface area contributed by atoms with Gasteiger partial charge in [0.2, 0.25) is 10.0 Å². The van der Waals surface area contributed by atoms with Gasteiger partial charge in [-0.25, -0.2) is 8.42 Å². The molecular weight excluding hydrogens is 478 g/mol. The highest BCUT2D eigenvalue weighted by Gasteiger charge is 2.31. The van der Waals surface area contributed by atoms with Gasteiger partial charge in [0.05, 0.1) is 4.90 Å². The Morgan fingerprint density at radius 2 is 1.31 bits per heavy atom. The van der Waals surface area contributed by atoms with Crippen LogP contribution in [0.1, 0.15) is 71.1 Å². The van der Waals surface area contributed by atoms with Crippen molar-refractivity contribution in [3.8, 4) is 11.8 Å². The molecule has 0 bridgehead atoms. The fourth-order valence-electron chi connectivity index (χ4n) is 3.01. The summed E-state index contributed by atoms with van der Waals surface area (Å²) in [6, 6.07) is 12.5. The molecule has 0 aromatic heterocycles. The van der Waals surface area contributed by atoms with Gasteiger partial charge in [0.25, 0.3) is 0 Å². The molecule has 0 saturated heterocycles. The topological polar surface area (TPSA) is 98.8 Å². The zero-order valence-corrected chi connectivity index (χ0v) is 22.8. The molecule has 0 aliphatic carbocycles. The molecule has 0 saturated carbocycles. The van der Waals surface area contributed by atoms with Crippen LogP contribution in [0, 0.1) is 18.8 Å². The number of rotatable bonds is 7. The average Bonchev–Trinajstić information content (AvgIpc) is 2.74. The maximum Gasteiger partial charge on any atom is 0.324 e. The van der Waals surface area contributed by atoms with Crippen molar-refractivity contribution in [2.75, 3.05) is 0 Å². The Morgan fingerprint density at radius 1 is 0.833 bits per heavy atom. The third-order valence-electron chi connectivity index (χ3n) is 4.61. The van der Waals surface area contributed by atoms with E-state index in [4.69, 9.17) is 9.47 Å². The highest BCUT2D eigenvalue weighted by Crippen LogP contribution is 2.17. The monoisotopic (exact) mass is 513 g/mol. The molecule has 2 aromatic rings. The molecule has 1 atom stereocenters. The standard InChI is InChI=1S/C28H35NO6S/c1-20-8-10-21(11-9-20)12-13-22-14-16-23(17-15-22)36(32,33)29-24(26(31)35-28(5,6)7)18-19-25(30)34-27(2,3)4/h8-11,14-17,24,29H,18-19H2,1-7H3/t24-/m1/s1. The van der Waals surface area contributed by atoms with Gasteiger partial charge in [-0.1, -0.05) is 29.5 Å². The van der Waals surface area contributed by atoms with Crippen molar-refractivity contribution in [2.24, 2.45) is 0 Å². The maximum atomic E-state index is 13.0. The molecule has 0 heterocycles. The summed E-state index contributed by atoms with van der Waals surface area (Å²) in [5.74, 6) is 4.74. The van der Waals surface area contributed by atoms with E-state index in [1.165, 1.54) is 12.1 Å². The molecule has 0 fully saturated rings. The SMILES string of the molecule is Cc1ccc(C#Cc2ccc(S(=O)(=O)N[C@H](CCC(=O)OC(C)(C)C)C(=O)OC(C)(C)C)cc2)cc1. The van der Waals surface area contributed by atoms with E-state index >= 15 is 0 Å². The molecule has 8 heteroatoms. The molecule has 36 heavy (non-hydrogen) atoms. The highest BCUT2D eigenvalue weighted by atomic mass is 32.2. The Morgan fingerprint density at radius 3 is 1.78 bits per heavy atom. The van der Waals surface area contributed by atoms with Crippen LogP contribution in [0.3, 0.4) is 0 Å². The Kier molecular flexibility index (Phi) is 9.47. The van der Waals surface area contributed by atoms with Crippen molar-refractivity contribution in [3.05, 3.63) is 65.2 Å². The van der Waals surface area contributed by atoms with E-state index in [9.17, 15) is 18.0 Å². The summed E-state index contributed by atoms with van der Waals surface area (Å²) in [5, 5.41) is 0. The smallest absolute Gasteiger partial charge is 0.324 e. The largest absolute Gasteiger partial charge is 0.460 e. The molecule has 0 radical (unpaired) electrons. The van der Waals surface area contributed by atoms with Crippen LogP contribution in [0.2, 0.25) is 0 Å². The van der Waals surface area contributed by atoms with Crippen molar-refractivity contribution in [2.45, 2.75) is 83.4 Å². The summed E-state index contributed by atoms with van der Waals surface area (Å²) >= 11 is 0. The molecule has 0 unspecified atom stereocenters. The van der Waals surface area contributed by atoms with Gasteiger partial charge in [-0.3, -0.25) is 9.59 Å². The summed E-state index contributed by atoms with van der Waals surface area (Å²) in [5.41, 5.74) is 1.11. The zero-order valence-electron chi connectivity index (χ0n) is 22.0. The van der Waals surface area contributed by atoms with E-state index in [1.807, 2.05) is 31.2 Å². The van der Waals surface area contributed by atoms with Crippen LogP contribution in [0.25, 0.3) is 0 Å². The van der Waals surface area contributed by atoms with Crippen molar-refractivity contribution in [1.82, 2.24) is 4.72 Å². The summed E-state index contributed by atoms with van der Waals surface area (Å²) in [7, 11) is -4.08. The number of hydrogen-bond donors (Lipinski definition) is 1. The van der Waals surface area contributed by atoms with Gasteiger partial charge < -0.3 is 9.47 Å². The number of carbonyl (C=O) groups excluding carboxylic acids is 2. The van der Waals surface area contributed by atoms with E-state index in [1.54, 1.807) is 53.7 Å². The average molecular weight is 514 g/mol. The predicted molar refractivity (Wildman–Crippen MR) is 139 cm³/mol. The van der Waals surface area contributed by atoms with E-state index in [0.717, 1.165) is 11.1 Å². The molecule has 0 amide bonds. The van der Waals surface area contributed by atoms with E-state index in [2.05, 4.69) is 16.6 Å². The fraction of sp³-hybridized carbons (Fsp3) is 0.429. The Hall–Kier alpha value is -3.15. The quantitative estimate of drug-likeness (QED) is 0.432. The summed E-state index contributed by atoms with van der Waals surface area (Å²) in [4.78, 5) is 24.9. The number of esters is 2. The van der Waals surface area contributed by atoms with Crippen molar-refractivity contribution < 1.29 is 27.5 Å². The first-order chi connectivity index (χ1) is 16.5. The minimum atomic E-state index is -4.08. The number of benzene rings is 2. The molecule has 2 rings (SSSR count). The lowest BCUT2D eigenvalue weighted by atomic mass is 10.1. The number of nitrogens with one attached hydrogen (secondary N) is 1. The van der Waals surface area contributed by atoms with E-state index in [-0.39, 0.29) is 17.7 Å². The Bertz CT molecular complexity index is 1220. The lowest BCUT2D eigenvalue weighted by Gasteiger charge is -2.25. The predicted octanol–water partition coefficient (Wildman–Crippen LogP) is 4.51. The van der Waals surface area contributed by atoms with Crippen LogP contribution in [-0.4, -0.2) is 37.6 Å². The highest BCUT2D eigenvalue weighted by molar-refractivity contribution is 7.89. The zero-order chi connectivity index (χ0) is 27.1. The molecule has 194 valence electrons. The molecule has 0 aliphatic heterocycles. The Labute approximate surface area is 214 Å². The second-order valence-electron chi connectivity index (χ2n) is 10.5. The first-order valence-corrected chi connectivity index (χ1v) is 13.2. The minimum absolute atomic E-state index is 0.0331. The van der Waals surface area contributed by atoms with Crippen molar-refractivity contribution >= 4 is 22.0 Å². The molecule has 0 spiro atoms. The van der Waals surface area contributed by atoms with Gasteiger partial charge in [-0.05, 0) is 91.3 Å². The van der Waals surface area contributed by atoms with E-state index < -0.39 is 39.2 Å². The third-order valence-corrected chi connectivity index (χ3v) is 6.10. The Balaban J connectivity index is 2.18. The molecular formula is C28H35NO6S. The van der Waals surface area contributed by atoms with Gasteiger partial charge >= 0.3 is 11.9 Å². The second kappa shape index (κ2) is 11.7. The first kappa shape index (κ1) is 29.1. The lowest BCUT2D eigenvalue weighted by Crippen LogP contribution is -2.44. The third kappa shape index (κ3) is 10.2. The summed E-state index contributed by atoms with van der Waals surface area (Å²) in [6.07, 6.45) is -0.263. The minimum Gasteiger partial charge on any atom is -0.460 e. The van der Waals surface area contributed by atoms with Crippen LogP contribution in [0.5, 0.6) is 0 Å². The maximum absolute atomic E-state index is 13.0. The normalized spacial score (nSPS) is 12.8. The van der Waals surface area contributed by atoms with Crippen LogP contribution >= 0.6 is 0 Å². The van der Waals surface area contributed by atoms with Crippen LogP contribution < -0.4 is 4.72 Å². The van der Waals surface area contributed by atoms with E-state index in [0.29, 0.717) is 5.56 Å². The molecule has 7 nitrogen and oxygen atoms in total. The number of ether oxygens (including phenoxy) is 2. The molecule has 0 aliphatic rings. The van der Waals surface area contributed by atoms with Gasteiger partial charge in [0.15, 0.2) is 0 Å². The number of carbonyl (C=O) groups is 2. The second-order valence-corrected chi connectivity index (χ2v) is 12.2. The lowest BCUT2D eigenvalue weighted by molar-refractivity contribution is -0.158. The number of sulfonamides is 1. The van der Waals surface area contributed by atoms with Crippen molar-refractivity contribution in [3.63, 3.8) is 0 Å². The number of aryl methyl sites for hydroxylation is 1. The first-order valence-electron chi connectivity index (χ1n) is 11.7. The van der Waals surface area contributed by atoms with Gasteiger partial charge in [-0.15, -0.1) is 0 Å². The molecule has 2 aromatic carbocycles. The van der Waals surface area contributed by atoms with Crippen LogP contribution in [-0.2, 0) is 29.1 Å². The molecule has 1 N–H and O–H groups in total. The van der Waals surface area contributed by atoms with Gasteiger partial charge in [0, 0.05) is 17.5 Å². The van der Waals surface area contributed by atoms with Crippen LogP contribution in [0.4, 0.5) is 0 Å². The number of hydrogen-bond acceptors (Lipinski definition) is 6. The van der Waals surface area contributed by atoms with Crippen molar-refractivity contribution in [1.29, 1.82) is 0 Å². The summed E-state index contributed by atoms with van der Waals surface area (Å²) < 4.78 is 39.1. The van der Waals surface area contributed by atoms with Gasteiger partial charge in [0.1, 0.15) is 17.2 Å².